The van der Waals surface area contributed by atoms with Gasteiger partial charge in [0.25, 0.3) is 0 Å². The van der Waals surface area contributed by atoms with E-state index in [0.717, 1.165) is 35.3 Å². The standard InChI is InChI=1S/C29H30F3N3O5S/c1-4-19-21-15-17(16-35-24(5-2)33-25(18-12-13-18)26(35)28(36)39-6-3)11-14-23(21)40-27(19)20-9-7-8-10-22(20)34-41(37,38)29(30,31)32/h7-11,14-15,18,34H,4-6,12-13,16H2,1-3H3. The Labute approximate surface area is 235 Å². The lowest BCUT2D eigenvalue weighted by atomic mass is 10.0. The third kappa shape index (κ3) is 5.44. The molecule has 2 heterocycles. The molecule has 41 heavy (non-hydrogen) atoms. The van der Waals surface area contributed by atoms with Crippen LogP contribution in [0.4, 0.5) is 18.9 Å². The fraction of sp³-hybridized carbons (Fsp3) is 0.379. The minimum atomic E-state index is -5.63. The number of nitrogens with zero attached hydrogens (tertiary/aromatic N) is 2. The summed E-state index contributed by atoms with van der Waals surface area (Å²) in [5.41, 5.74) is -2.19. The molecule has 0 saturated heterocycles. The molecule has 4 aromatic rings. The molecule has 0 atom stereocenters. The Hall–Kier alpha value is -3.80. The highest BCUT2D eigenvalue weighted by Crippen LogP contribution is 2.42. The highest BCUT2D eigenvalue weighted by atomic mass is 32.2. The number of hydrogen-bond acceptors (Lipinski definition) is 6. The second-order valence-electron chi connectivity index (χ2n) is 9.89. The maximum absolute atomic E-state index is 13.1. The van der Waals surface area contributed by atoms with Crippen LogP contribution in [-0.4, -0.2) is 36.1 Å². The van der Waals surface area contributed by atoms with Crippen LogP contribution in [0.3, 0.4) is 0 Å². The number of para-hydroxylation sites is 1. The number of fused-ring (bicyclic) bond motifs is 1. The van der Waals surface area contributed by atoms with E-state index >= 15 is 0 Å². The van der Waals surface area contributed by atoms with Gasteiger partial charge in [0.15, 0.2) is 5.69 Å². The number of carbonyl (C=O) groups is 1. The first kappa shape index (κ1) is 28.7. The number of esters is 1. The number of benzene rings is 2. The number of alkyl halides is 3. The van der Waals surface area contributed by atoms with Crippen molar-refractivity contribution < 1.29 is 35.5 Å². The summed E-state index contributed by atoms with van der Waals surface area (Å²) in [5, 5.41) is 0.742. The zero-order chi connectivity index (χ0) is 29.5. The Morgan fingerprint density at radius 3 is 2.49 bits per heavy atom. The second-order valence-corrected chi connectivity index (χ2v) is 11.6. The largest absolute Gasteiger partial charge is 0.516 e. The van der Waals surface area contributed by atoms with Gasteiger partial charge in [0.1, 0.15) is 17.2 Å². The number of imidazole rings is 1. The normalized spacial score (nSPS) is 14.0. The van der Waals surface area contributed by atoms with Crippen molar-refractivity contribution >= 4 is 32.6 Å². The van der Waals surface area contributed by atoms with Crippen molar-refractivity contribution in [2.24, 2.45) is 0 Å². The summed E-state index contributed by atoms with van der Waals surface area (Å²) in [5.74, 6) is 0.909. The molecule has 1 N–H and O–H groups in total. The topological polar surface area (TPSA) is 103 Å². The number of nitrogens with one attached hydrogen (secondary N) is 1. The van der Waals surface area contributed by atoms with Gasteiger partial charge < -0.3 is 13.7 Å². The molecule has 0 aliphatic heterocycles. The molecule has 0 amide bonds. The SMILES string of the molecule is CCOC(=O)c1c(C2CC2)nc(CC)n1Cc1ccc2oc(-c3ccccc3NS(=O)(=O)C(F)(F)F)c(CC)c2c1. The molecular formula is C29H30F3N3O5S. The van der Waals surface area contributed by atoms with Gasteiger partial charge in [-0.2, -0.15) is 21.6 Å². The molecule has 12 heteroatoms. The minimum Gasteiger partial charge on any atom is -0.461 e. The van der Waals surface area contributed by atoms with Crippen LogP contribution in [-0.2, 0) is 34.1 Å². The zero-order valence-electron chi connectivity index (χ0n) is 22.8. The van der Waals surface area contributed by atoms with Crippen LogP contribution in [0.1, 0.15) is 72.7 Å². The van der Waals surface area contributed by atoms with Gasteiger partial charge in [-0.25, -0.2) is 9.78 Å². The first-order valence-corrected chi connectivity index (χ1v) is 15.0. The molecule has 8 nitrogen and oxygen atoms in total. The second kappa shape index (κ2) is 10.9. The number of furan rings is 1. The number of sulfonamides is 1. The van der Waals surface area contributed by atoms with E-state index < -0.39 is 21.5 Å². The van der Waals surface area contributed by atoms with Gasteiger partial charge in [0, 0.05) is 35.4 Å². The van der Waals surface area contributed by atoms with Crippen molar-refractivity contribution in [3.8, 4) is 11.3 Å². The summed E-state index contributed by atoms with van der Waals surface area (Å²) < 4.78 is 78.1. The summed E-state index contributed by atoms with van der Waals surface area (Å²) in [6.07, 6.45) is 3.06. The summed E-state index contributed by atoms with van der Waals surface area (Å²) in [6.45, 7) is 6.24. The van der Waals surface area contributed by atoms with Crippen molar-refractivity contribution in [3.63, 3.8) is 0 Å². The molecule has 1 aliphatic carbocycles. The van der Waals surface area contributed by atoms with E-state index in [0.29, 0.717) is 36.2 Å². The molecule has 0 spiro atoms. The van der Waals surface area contributed by atoms with Crippen LogP contribution in [0.15, 0.2) is 46.9 Å². The van der Waals surface area contributed by atoms with Crippen LogP contribution in [0, 0.1) is 0 Å². The molecule has 218 valence electrons. The van der Waals surface area contributed by atoms with E-state index in [4.69, 9.17) is 14.1 Å². The molecule has 0 bridgehead atoms. The Kier molecular flexibility index (Phi) is 7.62. The summed E-state index contributed by atoms with van der Waals surface area (Å²) in [6, 6.07) is 11.4. The van der Waals surface area contributed by atoms with Crippen molar-refractivity contribution in [3.05, 3.63) is 70.8 Å². The van der Waals surface area contributed by atoms with Crippen LogP contribution in [0.25, 0.3) is 22.3 Å². The van der Waals surface area contributed by atoms with E-state index in [1.807, 2.05) is 30.5 Å². The van der Waals surface area contributed by atoms with Crippen LogP contribution in [0.5, 0.6) is 0 Å². The maximum atomic E-state index is 13.1. The number of halogens is 3. The van der Waals surface area contributed by atoms with E-state index in [2.05, 4.69) is 0 Å². The Balaban J connectivity index is 1.57. The van der Waals surface area contributed by atoms with Crippen LogP contribution >= 0.6 is 0 Å². The van der Waals surface area contributed by atoms with Crippen molar-refractivity contribution in [1.29, 1.82) is 0 Å². The minimum absolute atomic E-state index is 0.191. The first-order chi connectivity index (χ1) is 19.5. The van der Waals surface area contributed by atoms with Gasteiger partial charge in [-0.3, -0.25) is 4.72 Å². The Bertz CT molecular complexity index is 1720. The Morgan fingerprint density at radius 1 is 1.12 bits per heavy atom. The van der Waals surface area contributed by atoms with E-state index in [1.165, 1.54) is 18.2 Å². The van der Waals surface area contributed by atoms with Gasteiger partial charge in [-0.05, 0) is 56.0 Å². The molecule has 1 fully saturated rings. The molecule has 2 aromatic carbocycles. The zero-order valence-corrected chi connectivity index (χ0v) is 23.7. The summed E-state index contributed by atoms with van der Waals surface area (Å²) in [4.78, 5) is 17.8. The average Bonchev–Trinajstić information content (AvgIpc) is 3.61. The number of anilines is 1. The maximum Gasteiger partial charge on any atom is 0.516 e. The van der Waals surface area contributed by atoms with Gasteiger partial charge in [0.2, 0.25) is 0 Å². The average molecular weight is 590 g/mol. The quantitative estimate of drug-likeness (QED) is 0.205. The molecule has 0 radical (unpaired) electrons. The lowest BCUT2D eigenvalue weighted by Crippen LogP contribution is -2.30. The fourth-order valence-electron chi connectivity index (χ4n) is 5.03. The molecule has 5 rings (SSSR count). The summed E-state index contributed by atoms with van der Waals surface area (Å²) >= 11 is 0. The molecule has 2 aromatic heterocycles. The number of rotatable bonds is 10. The predicted molar refractivity (Wildman–Crippen MR) is 148 cm³/mol. The van der Waals surface area contributed by atoms with Crippen molar-refractivity contribution in [2.75, 3.05) is 11.3 Å². The Morgan fingerprint density at radius 2 is 1.85 bits per heavy atom. The lowest BCUT2D eigenvalue weighted by molar-refractivity contribution is -0.0429. The molecule has 1 aliphatic rings. The molecular weight excluding hydrogens is 559 g/mol. The highest BCUT2D eigenvalue weighted by Gasteiger charge is 2.46. The van der Waals surface area contributed by atoms with Gasteiger partial charge in [0.05, 0.1) is 18.0 Å². The number of ether oxygens (including phenoxy) is 1. The van der Waals surface area contributed by atoms with Crippen LogP contribution < -0.4 is 4.72 Å². The van der Waals surface area contributed by atoms with Gasteiger partial charge in [-0.15, -0.1) is 0 Å². The number of aryl methyl sites for hydroxylation is 2. The first-order valence-electron chi connectivity index (χ1n) is 13.5. The third-order valence-corrected chi connectivity index (χ3v) is 8.19. The lowest BCUT2D eigenvalue weighted by Gasteiger charge is -2.13. The van der Waals surface area contributed by atoms with E-state index in [9.17, 15) is 26.4 Å². The van der Waals surface area contributed by atoms with E-state index in [1.54, 1.807) is 23.8 Å². The molecule has 1 saturated carbocycles. The molecule has 0 unspecified atom stereocenters. The van der Waals surface area contributed by atoms with Crippen molar-refractivity contribution in [1.82, 2.24) is 9.55 Å². The summed E-state index contributed by atoms with van der Waals surface area (Å²) in [7, 11) is -5.63. The van der Waals surface area contributed by atoms with Crippen LogP contribution in [0.2, 0.25) is 0 Å². The van der Waals surface area contributed by atoms with Gasteiger partial charge in [-0.1, -0.05) is 32.0 Å². The number of carbonyl (C=O) groups excluding carboxylic acids is 1. The van der Waals surface area contributed by atoms with E-state index in [-0.39, 0.29) is 29.5 Å². The smallest absolute Gasteiger partial charge is 0.461 e. The fourth-order valence-corrected chi connectivity index (χ4v) is 5.62. The number of aromatic nitrogens is 2. The number of hydrogen-bond donors (Lipinski definition) is 1. The van der Waals surface area contributed by atoms with Gasteiger partial charge >= 0.3 is 21.5 Å². The third-order valence-electron chi connectivity index (χ3n) is 7.09. The van der Waals surface area contributed by atoms with Crippen molar-refractivity contribution in [2.45, 2.75) is 64.4 Å². The monoisotopic (exact) mass is 589 g/mol. The highest BCUT2D eigenvalue weighted by molar-refractivity contribution is 7.93. The predicted octanol–water partition coefficient (Wildman–Crippen LogP) is 6.79.